The van der Waals surface area contributed by atoms with Gasteiger partial charge in [0.25, 0.3) is 0 Å². The van der Waals surface area contributed by atoms with Crippen LogP contribution in [0.4, 0.5) is 0 Å². The van der Waals surface area contributed by atoms with Gasteiger partial charge < -0.3 is 15.4 Å². The molecule has 2 N–H and O–H groups in total. The molecule has 0 radical (unpaired) electrons. The maximum absolute atomic E-state index is 11.7. The number of nitrogens with zero attached hydrogens (tertiary/aromatic N) is 1. The number of morpholine rings is 1. The van der Waals surface area contributed by atoms with Gasteiger partial charge in [0, 0.05) is 19.5 Å². The van der Waals surface area contributed by atoms with E-state index in [1.54, 1.807) is 0 Å². The summed E-state index contributed by atoms with van der Waals surface area (Å²) in [5, 5.41) is 0. The highest BCUT2D eigenvalue weighted by molar-refractivity contribution is 7.99. The first kappa shape index (κ1) is 13.8. The van der Waals surface area contributed by atoms with Crippen LogP contribution in [0.2, 0.25) is 0 Å². The Hall–Kier alpha value is -0.260. The van der Waals surface area contributed by atoms with E-state index in [1.165, 1.54) is 0 Å². The summed E-state index contributed by atoms with van der Waals surface area (Å²) >= 11 is 1.89. The van der Waals surface area contributed by atoms with E-state index in [0.717, 1.165) is 44.0 Å². The van der Waals surface area contributed by atoms with Gasteiger partial charge in [-0.3, -0.25) is 4.79 Å². The molecule has 16 heavy (non-hydrogen) atoms. The fourth-order valence-electron chi connectivity index (χ4n) is 1.58. The van der Waals surface area contributed by atoms with E-state index in [2.05, 4.69) is 0 Å². The van der Waals surface area contributed by atoms with Crippen LogP contribution >= 0.6 is 11.8 Å². The van der Waals surface area contributed by atoms with Gasteiger partial charge in [-0.1, -0.05) is 0 Å². The molecule has 0 spiro atoms. The van der Waals surface area contributed by atoms with E-state index in [4.69, 9.17) is 10.5 Å². The van der Waals surface area contributed by atoms with Gasteiger partial charge >= 0.3 is 0 Å². The molecular weight excluding hydrogens is 224 g/mol. The van der Waals surface area contributed by atoms with Crippen molar-refractivity contribution in [3.8, 4) is 0 Å². The molecule has 1 fully saturated rings. The first-order valence-corrected chi connectivity index (χ1v) is 7.13. The minimum Gasteiger partial charge on any atom is -0.378 e. The summed E-state index contributed by atoms with van der Waals surface area (Å²) in [5.74, 6) is 2.46. The van der Waals surface area contributed by atoms with Gasteiger partial charge in [0.05, 0.1) is 13.2 Å². The van der Waals surface area contributed by atoms with E-state index < -0.39 is 0 Å². The maximum Gasteiger partial charge on any atom is 0.222 e. The van der Waals surface area contributed by atoms with Crippen molar-refractivity contribution in [1.82, 2.24) is 4.90 Å². The minimum absolute atomic E-state index is 0.280. The molecule has 0 saturated carbocycles. The number of carbonyl (C=O) groups excluding carboxylic acids is 1. The zero-order chi connectivity index (χ0) is 11.6. The second kappa shape index (κ2) is 8.84. The number of ether oxygens (including phenoxy) is 1. The van der Waals surface area contributed by atoms with Crippen LogP contribution in [0, 0.1) is 0 Å². The normalized spacial score (nSPS) is 16.4. The summed E-state index contributed by atoms with van der Waals surface area (Å²) in [7, 11) is 0. The second-order valence-electron chi connectivity index (χ2n) is 3.85. The van der Waals surface area contributed by atoms with Crippen LogP contribution in [0.15, 0.2) is 0 Å². The van der Waals surface area contributed by atoms with E-state index in [-0.39, 0.29) is 5.91 Å². The standard InChI is InChI=1S/C11H22N2O2S/c12-4-2-10-16-9-1-3-11(14)13-5-7-15-8-6-13/h1-10,12H2. The highest BCUT2D eigenvalue weighted by Gasteiger charge is 2.15. The quantitative estimate of drug-likeness (QED) is 0.672. The lowest BCUT2D eigenvalue weighted by Gasteiger charge is -2.26. The first-order valence-electron chi connectivity index (χ1n) is 5.98. The Morgan fingerprint density at radius 2 is 1.94 bits per heavy atom. The van der Waals surface area contributed by atoms with Crippen LogP contribution in [0.1, 0.15) is 19.3 Å². The number of carbonyl (C=O) groups is 1. The van der Waals surface area contributed by atoms with Gasteiger partial charge in [-0.2, -0.15) is 11.8 Å². The van der Waals surface area contributed by atoms with Crippen LogP contribution < -0.4 is 5.73 Å². The number of hydrogen-bond acceptors (Lipinski definition) is 4. The van der Waals surface area contributed by atoms with Crippen LogP contribution in [0.5, 0.6) is 0 Å². The van der Waals surface area contributed by atoms with Gasteiger partial charge in [-0.05, 0) is 30.9 Å². The smallest absolute Gasteiger partial charge is 0.222 e. The molecule has 1 rings (SSSR count). The molecule has 5 heteroatoms. The molecule has 0 aromatic rings. The van der Waals surface area contributed by atoms with Gasteiger partial charge in [0.15, 0.2) is 0 Å². The minimum atomic E-state index is 0.280. The summed E-state index contributed by atoms with van der Waals surface area (Å²) in [6, 6.07) is 0. The van der Waals surface area contributed by atoms with Crippen LogP contribution in [-0.2, 0) is 9.53 Å². The topological polar surface area (TPSA) is 55.6 Å². The summed E-state index contributed by atoms with van der Waals surface area (Å²) in [6.07, 6.45) is 2.73. The predicted octanol–water partition coefficient (Wildman–Crippen LogP) is 0.707. The Morgan fingerprint density at radius 1 is 1.25 bits per heavy atom. The lowest BCUT2D eigenvalue weighted by molar-refractivity contribution is -0.135. The average molecular weight is 246 g/mol. The maximum atomic E-state index is 11.7. The SMILES string of the molecule is NCCCSCCCC(=O)N1CCOCC1. The Kier molecular flexibility index (Phi) is 7.63. The summed E-state index contributed by atoms with van der Waals surface area (Å²) in [6.45, 7) is 3.67. The number of amides is 1. The van der Waals surface area contributed by atoms with Crippen molar-refractivity contribution in [3.63, 3.8) is 0 Å². The molecule has 1 amide bonds. The van der Waals surface area contributed by atoms with Crippen LogP contribution in [-0.4, -0.2) is 55.2 Å². The lowest BCUT2D eigenvalue weighted by Crippen LogP contribution is -2.40. The molecule has 0 bridgehead atoms. The molecule has 0 aliphatic carbocycles. The molecule has 0 aromatic heterocycles. The zero-order valence-corrected chi connectivity index (χ0v) is 10.6. The number of hydrogen-bond donors (Lipinski definition) is 1. The third-order valence-electron chi connectivity index (χ3n) is 2.54. The van der Waals surface area contributed by atoms with Gasteiger partial charge in [0.1, 0.15) is 0 Å². The van der Waals surface area contributed by atoms with Crippen molar-refractivity contribution in [3.05, 3.63) is 0 Å². The first-order chi connectivity index (χ1) is 7.84. The molecule has 0 aromatic carbocycles. The van der Waals surface area contributed by atoms with Gasteiger partial charge in [-0.25, -0.2) is 0 Å². The Labute approximate surface area is 102 Å². The third-order valence-corrected chi connectivity index (χ3v) is 3.69. The molecule has 0 atom stereocenters. The number of rotatable bonds is 7. The molecule has 1 saturated heterocycles. The Balaban J connectivity index is 1.97. The summed E-state index contributed by atoms with van der Waals surface area (Å²) in [4.78, 5) is 13.6. The predicted molar refractivity (Wildman–Crippen MR) is 67.6 cm³/mol. The number of thioether (sulfide) groups is 1. The van der Waals surface area contributed by atoms with E-state index >= 15 is 0 Å². The van der Waals surface area contributed by atoms with Gasteiger partial charge in [0.2, 0.25) is 5.91 Å². The summed E-state index contributed by atoms with van der Waals surface area (Å²) < 4.78 is 5.21. The van der Waals surface area contributed by atoms with Crippen molar-refractivity contribution in [2.24, 2.45) is 5.73 Å². The summed E-state index contributed by atoms with van der Waals surface area (Å²) in [5.41, 5.74) is 5.40. The average Bonchev–Trinajstić information content (AvgIpc) is 2.34. The zero-order valence-electron chi connectivity index (χ0n) is 9.82. The van der Waals surface area contributed by atoms with Crippen molar-refractivity contribution in [2.45, 2.75) is 19.3 Å². The molecule has 94 valence electrons. The van der Waals surface area contributed by atoms with Crippen molar-refractivity contribution in [2.75, 3.05) is 44.4 Å². The lowest BCUT2D eigenvalue weighted by atomic mass is 10.3. The number of nitrogens with two attached hydrogens (primary N) is 1. The molecule has 1 aliphatic heterocycles. The van der Waals surface area contributed by atoms with E-state index in [9.17, 15) is 4.79 Å². The Morgan fingerprint density at radius 3 is 2.62 bits per heavy atom. The molecule has 4 nitrogen and oxygen atoms in total. The Bertz CT molecular complexity index is 196. The monoisotopic (exact) mass is 246 g/mol. The van der Waals surface area contributed by atoms with E-state index in [0.29, 0.717) is 19.6 Å². The largest absolute Gasteiger partial charge is 0.378 e. The highest BCUT2D eigenvalue weighted by atomic mass is 32.2. The third kappa shape index (κ3) is 5.72. The molecule has 0 unspecified atom stereocenters. The van der Waals surface area contributed by atoms with Crippen LogP contribution in [0.3, 0.4) is 0 Å². The highest BCUT2D eigenvalue weighted by Crippen LogP contribution is 2.08. The fraction of sp³-hybridized carbons (Fsp3) is 0.909. The molecule has 1 heterocycles. The fourth-order valence-corrected chi connectivity index (χ4v) is 2.51. The molecular formula is C11H22N2O2S. The van der Waals surface area contributed by atoms with Crippen molar-refractivity contribution in [1.29, 1.82) is 0 Å². The van der Waals surface area contributed by atoms with Gasteiger partial charge in [-0.15, -0.1) is 0 Å². The van der Waals surface area contributed by atoms with Crippen LogP contribution in [0.25, 0.3) is 0 Å². The van der Waals surface area contributed by atoms with Crippen molar-refractivity contribution >= 4 is 17.7 Å². The second-order valence-corrected chi connectivity index (χ2v) is 5.08. The van der Waals surface area contributed by atoms with E-state index in [1.807, 2.05) is 16.7 Å². The van der Waals surface area contributed by atoms with Crippen molar-refractivity contribution < 1.29 is 9.53 Å². The molecule has 1 aliphatic rings.